The van der Waals surface area contributed by atoms with Crippen molar-refractivity contribution in [2.24, 2.45) is 0 Å². The second-order valence-electron chi connectivity index (χ2n) is 3.61. The Labute approximate surface area is 97.5 Å². The first kappa shape index (κ1) is 11.1. The maximum Gasteiger partial charge on any atom is 0.186 e. The van der Waals surface area contributed by atoms with Crippen molar-refractivity contribution < 1.29 is 13.2 Å². The van der Waals surface area contributed by atoms with Crippen molar-refractivity contribution in [2.75, 3.05) is 13.2 Å². The smallest absolute Gasteiger partial charge is 0.186 e. The third-order valence-corrected chi connectivity index (χ3v) is 5.20. The number of ether oxygens (including phenoxy) is 1. The first-order chi connectivity index (χ1) is 7.01. The summed E-state index contributed by atoms with van der Waals surface area (Å²) in [5, 5.41) is -0.364. The molecule has 1 aromatic rings. The van der Waals surface area contributed by atoms with Crippen molar-refractivity contribution in [2.45, 2.75) is 17.1 Å². The van der Waals surface area contributed by atoms with Gasteiger partial charge in [0.15, 0.2) is 9.84 Å². The Morgan fingerprint density at radius 3 is 2.53 bits per heavy atom. The average Bonchev–Trinajstić information content (AvgIpc) is 1.97. The lowest BCUT2D eigenvalue weighted by Crippen LogP contribution is -2.40. The van der Waals surface area contributed by atoms with Crippen LogP contribution in [0.3, 0.4) is 0 Å². The van der Waals surface area contributed by atoms with Crippen LogP contribution in [0.2, 0.25) is 0 Å². The van der Waals surface area contributed by atoms with E-state index in [9.17, 15) is 8.42 Å². The van der Waals surface area contributed by atoms with Gasteiger partial charge in [-0.1, -0.05) is 15.9 Å². The molecule has 15 heavy (non-hydrogen) atoms. The van der Waals surface area contributed by atoms with Gasteiger partial charge in [0, 0.05) is 4.47 Å². The lowest BCUT2D eigenvalue weighted by Gasteiger charge is -2.26. The molecule has 0 aromatic heterocycles. The van der Waals surface area contributed by atoms with E-state index in [1.165, 1.54) is 0 Å². The Kier molecular flexibility index (Phi) is 2.87. The van der Waals surface area contributed by atoms with Crippen molar-refractivity contribution in [1.29, 1.82) is 0 Å². The summed E-state index contributed by atoms with van der Waals surface area (Å²) < 4.78 is 29.9. The largest absolute Gasteiger partial charge is 0.379 e. The summed E-state index contributed by atoms with van der Waals surface area (Å²) in [5.74, 6) is 0. The Morgan fingerprint density at radius 1 is 1.40 bits per heavy atom. The van der Waals surface area contributed by atoms with Gasteiger partial charge in [-0.05, 0) is 30.7 Å². The summed E-state index contributed by atoms with van der Waals surface area (Å²) in [5.41, 5.74) is 0.774. The van der Waals surface area contributed by atoms with Crippen LogP contribution in [0.1, 0.15) is 5.56 Å². The van der Waals surface area contributed by atoms with Crippen LogP contribution < -0.4 is 0 Å². The summed E-state index contributed by atoms with van der Waals surface area (Å²) in [6, 6.07) is 5.21. The third kappa shape index (κ3) is 1.96. The van der Waals surface area contributed by atoms with Crippen molar-refractivity contribution in [1.82, 2.24) is 0 Å². The molecule has 0 bridgehead atoms. The number of benzene rings is 1. The van der Waals surface area contributed by atoms with Gasteiger partial charge in [-0.3, -0.25) is 0 Å². The van der Waals surface area contributed by atoms with Crippen LogP contribution in [0, 0.1) is 6.92 Å². The number of rotatable bonds is 2. The highest BCUT2D eigenvalue weighted by molar-refractivity contribution is 9.10. The van der Waals surface area contributed by atoms with Crippen LogP contribution in [0.5, 0.6) is 0 Å². The topological polar surface area (TPSA) is 43.4 Å². The number of sulfone groups is 1. The highest BCUT2D eigenvalue weighted by atomic mass is 79.9. The molecule has 5 heteroatoms. The Morgan fingerprint density at radius 2 is 2.07 bits per heavy atom. The highest BCUT2D eigenvalue weighted by Gasteiger charge is 2.34. The maximum atomic E-state index is 12.1. The van der Waals surface area contributed by atoms with Gasteiger partial charge >= 0.3 is 0 Å². The first-order valence-corrected chi connectivity index (χ1v) is 6.93. The molecule has 2 rings (SSSR count). The minimum atomic E-state index is -3.20. The zero-order chi connectivity index (χ0) is 11.1. The van der Waals surface area contributed by atoms with Crippen LogP contribution >= 0.6 is 15.9 Å². The normalized spacial score (nSPS) is 17.5. The molecular weight excluding hydrogens is 280 g/mol. The van der Waals surface area contributed by atoms with E-state index in [4.69, 9.17) is 4.74 Å². The molecule has 1 heterocycles. The van der Waals surface area contributed by atoms with Gasteiger partial charge < -0.3 is 4.74 Å². The molecule has 0 N–H and O–H groups in total. The van der Waals surface area contributed by atoms with E-state index in [0.29, 0.717) is 18.1 Å². The molecule has 82 valence electrons. The van der Waals surface area contributed by atoms with Crippen LogP contribution in [-0.4, -0.2) is 26.9 Å². The van der Waals surface area contributed by atoms with E-state index in [1.807, 2.05) is 6.07 Å². The molecule has 0 spiro atoms. The van der Waals surface area contributed by atoms with Crippen LogP contribution in [0.25, 0.3) is 0 Å². The lowest BCUT2D eigenvalue weighted by atomic mass is 10.2. The van der Waals surface area contributed by atoms with Crippen LogP contribution in [0.15, 0.2) is 27.6 Å². The summed E-state index contributed by atoms with van der Waals surface area (Å²) >= 11 is 3.31. The third-order valence-electron chi connectivity index (χ3n) is 2.49. The van der Waals surface area contributed by atoms with Crippen molar-refractivity contribution in [3.05, 3.63) is 28.2 Å². The quantitative estimate of drug-likeness (QED) is 0.836. The van der Waals surface area contributed by atoms with E-state index < -0.39 is 9.84 Å². The fraction of sp³-hybridized carbons (Fsp3) is 0.400. The van der Waals surface area contributed by atoms with Crippen LogP contribution in [0.4, 0.5) is 0 Å². The van der Waals surface area contributed by atoms with Gasteiger partial charge in [-0.2, -0.15) is 0 Å². The number of hydrogen-bond donors (Lipinski definition) is 0. The zero-order valence-corrected chi connectivity index (χ0v) is 10.6. The van der Waals surface area contributed by atoms with Crippen molar-refractivity contribution in [3.8, 4) is 0 Å². The monoisotopic (exact) mass is 290 g/mol. The molecule has 0 saturated carbocycles. The molecular formula is C10H11BrO3S. The van der Waals surface area contributed by atoms with Gasteiger partial charge in [0.05, 0.1) is 18.1 Å². The predicted molar refractivity (Wildman–Crippen MR) is 60.7 cm³/mol. The van der Waals surface area contributed by atoms with E-state index in [2.05, 4.69) is 15.9 Å². The lowest BCUT2D eigenvalue weighted by molar-refractivity contribution is 0.0416. The highest BCUT2D eigenvalue weighted by Crippen LogP contribution is 2.26. The molecule has 3 nitrogen and oxygen atoms in total. The van der Waals surface area contributed by atoms with Gasteiger partial charge in [0.25, 0.3) is 0 Å². The molecule has 0 unspecified atom stereocenters. The second kappa shape index (κ2) is 3.88. The van der Waals surface area contributed by atoms with Gasteiger partial charge in [0.1, 0.15) is 5.25 Å². The maximum absolute atomic E-state index is 12.1. The average molecular weight is 291 g/mol. The second-order valence-corrected chi connectivity index (χ2v) is 6.73. The Balaban J connectivity index is 2.44. The molecule has 0 amide bonds. The number of aryl methyl sites for hydroxylation is 1. The van der Waals surface area contributed by atoms with E-state index in [-0.39, 0.29) is 5.25 Å². The molecule has 1 aromatic carbocycles. The summed E-state index contributed by atoms with van der Waals surface area (Å²) in [4.78, 5) is 0.416. The minimum absolute atomic E-state index is 0.317. The van der Waals surface area contributed by atoms with E-state index in [0.717, 1.165) is 10.0 Å². The van der Waals surface area contributed by atoms with Crippen molar-refractivity contribution >= 4 is 25.8 Å². The minimum Gasteiger partial charge on any atom is -0.379 e. The molecule has 1 aliphatic rings. The van der Waals surface area contributed by atoms with Gasteiger partial charge in [0.2, 0.25) is 0 Å². The van der Waals surface area contributed by atoms with Crippen molar-refractivity contribution in [3.63, 3.8) is 0 Å². The molecule has 1 aliphatic heterocycles. The number of halogens is 1. The van der Waals surface area contributed by atoms with E-state index >= 15 is 0 Å². The summed E-state index contributed by atoms with van der Waals surface area (Å²) in [6.45, 7) is 2.44. The standard InChI is InChI=1S/C10H11BrO3S/c1-7-4-8(11)2-3-10(7)15(12,13)9-5-14-6-9/h2-4,9H,5-6H2,1H3. The molecule has 0 atom stereocenters. The van der Waals surface area contributed by atoms with Gasteiger partial charge in [-0.15, -0.1) is 0 Å². The molecule has 0 radical (unpaired) electrons. The van der Waals surface area contributed by atoms with Gasteiger partial charge in [-0.25, -0.2) is 8.42 Å². The first-order valence-electron chi connectivity index (χ1n) is 4.59. The zero-order valence-electron chi connectivity index (χ0n) is 8.23. The van der Waals surface area contributed by atoms with E-state index in [1.54, 1.807) is 19.1 Å². The Hall–Kier alpha value is -0.390. The molecule has 0 aliphatic carbocycles. The number of hydrogen-bond acceptors (Lipinski definition) is 3. The summed E-state index contributed by atoms with van der Waals surface area (Å²) in [6.07, 6.45) is 0. The molecule has 1 saturated heterocycles. The SMILES string of the molecule is Cc1cc(Br)ccc1S(=O)(=O)C1COC1. The Bertz CT molecular complexity index is 477. The predicted octanol–water partition coefficient (Wildman–Crippen LogP) is 1.93. The molecule has 1 fully saturated rings. The summed E-state index contributed by atoms with van der Waals surface area (Å²) in [7, 11) is -3.20. The fourth-order valence-electron chi connectivity index (χ4n) is 1.50. The van der Waals surface area contributed by atoms with Crippen LogP contribution in [-0.2, 0) is 14.6 Å². The fourth-order valence-corrected chi connectivity index (χ4v) is 3.66.